The predicted octanol–water partition coefficient (Wildman–Crippen LogP) is 3.20. The summed E-state index contributed by atoms with van der Waals surface area (Å²) < 4.78 is 23.9. The number of hydrogen-bond acceptors (Lipinski definition) is 10. The number of methoxy groups -OCH3 is 1. The highest BCUT2D eigenvalue weighted by molar-refractivity contribution is 6.15. The number of pyridine rings is 2. The molecule has 1 aliphatic heterocycles. The van der Waals surface area contributed by atoms with Gasteiger partial charge >= 0.3 is 6.09 Å². The van der Waals surface area contributed by atoms with E-state index in [2.05, 4.69) is 10.2 Å². The molecule has 0 atom stereocenters. The molecule has 0 bridgehead atoms. The molecule has 0 fully saturated rings. The molecule has 2 aromatic carbocycles. The minimum atomic E-state index is -0.705. The van der Waals surface area contributed by atoms with E-state index in [-0.39, 0.29) is 36.9 Å². The van der Waals surface area contributed by atoms with Crippen molar-refractivity contribution in [2.45, 2.75) is 6.54 Å². The summed E-state index contributed by atoms with van der Waals surface area (Å²) in [5.41, 5.74) is 1.13. The Morgan fingerprint density at radius 3 is 2.47 bits per heavy atom. The van der Waals surface area contributed by atoms with E-state index in [9.17, 15) is 14.5 Å². The van der Waals surface area contributed by atoms with E-state index in [1.54, 1.807) is 16.8 Å². The van der Waals surface area contributed by atoms with Crippen LogP contribution in [0.5, 0.6) is 23.0 Å². The molecule has 4 aromatic rings. The molecule has 0 unspecified atom stereocenters. The number of carbonyl (C=O) groups excluding carboxylic acids is 1. The van der Waals surface area contributed by atoms with Gasteiger partial charge in [0.2, 0.25) is 6.79 Å². The summed E-state index contributed by atoms with van der Waals surface area (Å²) in [5, 5.41) is 5.20. The Kier molecular flexibility index (Phi) is 6.72. The van der Waals surface area contributed by atoms with Gasteiger partial charge in [0.05, 0.1) is 30.1 Å². The van der Waals surface area contributed by atoms with Gasteiger partial charge in [0, 0.05) is 55.1 Å². The SMILES string of the molecule is COc1cc2c(cc1OC(=O)N(C)CCN=O)c(=O)n(CCN(C)C)c1c3cc4c(cc3ncc21)OCO4. The Labute approximate surface area is 217 Å². The maximum Gasteiger partial charge on any atom is 0.415 e. The van der Waals surface area contributed by atoms with Crippen LogP contribution in [0.3, 0.4) is 0 Å². The van der Waals surface area contributed by atoms with Gasteiger partial charge in [0.1, 0.15) is 0 Å². The first-order chi connectivity index (χ1) is 18.3. The third kappa shape index (κ3) is 4.43. The molecule has 3 heterocycles. The van der Waals surface area contributed by atoms with Crippen molar-refractivity contribution in [1.29, 1.82) is 0 Å². The molecule has 198 valence electrons. The van der Waals surface area contributed by atoms with Gasteiger partial charge in [-0.05, 0) is 32.3 Å². The van der Waals surface area contributed by atoms with E-state index >= 15 is 0 Å². The molecule has 38 heavy (non-hydrogen) atoms. The van der Waals surface area contributed by atoms with Gasteiger partial charge < -0.3 is 33.3 Å². The second-order valence-corrected chi connectivity index (χ2v) is 9.19. The zero-order chi connectivity index (χ0) is 27.0. The fourth-order valence-corrected chi connectivity index (χ4v) is 4.47. The van der Waals surface area contributed by atoms with Gasteiger partial charge in [-0.1, -0.05) is 5.18 Å². The average Bonchev–Trinajstić information content (AvgIpc) is 3.37. The molecular formula is C26H27N5O7. The topological polar surface area (TPSA) is 125 Å². The molecule has 1 aliphatic rings. The highest BCUT2D eigenvalue weighted by Crippen LogP contribution is 2.40. The van der Waals surface area contributed by atoms with Crippen molar-refractivity contribution >= 4 is 38.7 Å². The van der Waals surface area contributed by atoms with Crippen molar-refractivity contribution in [2.75, 3.05) is 54.7 Å². The number of carbonyl (C=O) groups is 1. The summed E-state index contributed by atoms with van der Waals surface area (Å²) in [4.78, 5) is 44.9. The number of benzene rings is 2. The zero-order valence-electron chi connectivity index (χ0n) is 21.5. The van der Waals surface area contributed by atoms with Gasteiger partial charge in [-0.15, -0.1) is 0 Å². The number of amides is 1. The van der Waals surface area contributed by atoms with Crippen LogP contribution >= 0.6 is 0 Å². The molecule has 0 radical (unpaired) electrons. The Morgan fingerprint density at radius 1 is 1.03 bits per heavy atom. The monoisotopic (exact) mass is 521 g/mol. The van der Waals surface area contributed by atoms with Crippen molar-refractivity contribution < 1.29 is 23.7 Å². The molecule has 0 saturated carbocycles. The van der Waals surface area contributed by atoms with E-state index in [4.69, 9.17) is 18.9 Å². The Bertz CT molecular complexity index is 1630. The van der Waals surface area contributed by atoms with Crippen molar-refractivity contribution in [3.8, 4) is 23.0 Å². The minimum Gasteiger partial charge on any atom is -0.493 e. The summed E-state index contributed by atoms with van der Waals surface area (Å²) >= 11 is 0. The van der Waals surface area contributed by atoms with Crippen molar-refractivity contribution in [1.82, 2.24) is 19.4 Å². The number of hydrogen-bond donors (Lipinski definition) is 0. The van der Waals surface area contributed by atoms with Crippen LogP contribution < -0.4 is 24.5 Å². The number of rotatable bonds is 8. The molecule has 1 amide bonds. The fraction of sp³-hybridized carbons (Fsp3) is 0.346. The quantitative estimate of drug-likeness (QED) is 0.254. The van der Waals surface area contributed by atoms with E-state index in [1.165, 1.54) is 25.1 Å². The number of ether oxygens (including phenoxy) is 4. The van der Waals surface area contributed by atoms with Gasteiger partial charge in [-0.25, -0.2) is 4.79 Å². The van der Waals surface area contributed by atoms with Gasteiger partial charge in [-0.3, -0.25) is 9.78 Å². The molecular weight excluding hydrogens is 494 g/mol. The molecule has 5 rings (SSSR count). The van der Waals surface area contributed by atoms with Crippen LogP contribution in [0.2, 0.25) is 0 Å². The van der Waals surface area contributed by atoms with Gasteiger partial charge in [-0.2, -0.15) is 4.91 Å². The number of nitroso groups, excluding NO2 is 1. The van der Waals surface area contributed by atoms with Crippen LogP contribution in [0.1, 0.15) is 0 Å². The van der Waals surface area contributed by atoms with Crippen LogP contribution in [0.25, 0.3) is 32.6 Å². The summed E-state index contributed by atoms with van der Waals surface area (Å²) in [6.45, 7) is 1.18. The standard InChI is InChI=1S/C26H27N5O7/c1-29(2)7-8-31-24-17-11-21-22(37-14-36-21)12-19(17)27-13-18(24)15-9-20(35-4)23(10-16(15)25(31)32)38-26(33)30(3)6-5-28-34/h9-13H,5-8,14H2,1-4H3. The molecule has 12 heteroatoms. The lowest BCUT2D eigenvalue weighted by Gasteiger charge is -2.19. The lowest BCUT2D eigenvalue weighted by molar-refractivity contribution is 0.162. The maximum absolute atomic E-state index is 14.0. The predicted molar refractivity (Wildman–Crippen MR) is 142 cm³/mol. The van der Waals surface area contributed by atoms with Crippen LogP contribution in [-0.4, -0.2) is 80.1 Å². The molecule has 0 spiro atoms. The summed E-state index contributed by atoms with van der Waals surface area (Å²) in [6, 6.07) is 6.84. The second-order valence-electron chi connectivity index (χ2n) is 9.19. The maximum atomic E-state index is 14.0. The Morgan fingerprint density at radius 2 is 1.76 bits per heavy atom. The van der Waals surface area contributed by atoms with Crippen LogP contribution in [0, 0.1) is 4.91 Å². The normalized spacial score (nSPS) is 12.4. The van der Waals surface area contributed by atoms with Gasteiger partial charge in [0.15, 0.2) is 23.0 Å². The molecule has 2 aromatic heterocycles. The van der Waals surface area contributed by atoms with Crippen molar-refractivity contribution in [2.24, 2.45) is 5.18 Å². The average molecular weight is 522 g/mol. The summed E-state index contributed by atoms with van der Waals surface area (Å²) in [5.74, 6) is 1.55. The van der Waals surface area contributed by atoms with E-state index in [0.29, 0.717) is 46.4 Å². The molecule has 0 aliphatic carbocycles. The number of fused-ring (bicyclic) bond motifs is 6. The first-order valence-electron chi connectivity index (χ1n) is 12.0. The van der Waals surface area contributed by atoms with E-state index < -0.39 is 6.09 Å². The lowest BCUT2D eigenvalue weighted by atomic mass is 10.0. The van der Waals surface area contributed by atoms with Crippen LogP contribution in [0.15, 0.2) is 40.4 Å². The highest BCUT2D eigenvalue weighted by Gasteiger charge is 2.22. The molecule has 12 nitrogen and oxygen atoms in total. The third-order valence-electron chi connectivity index (χ3n) is 6.48. The number of likely N-dealkylation sites (N-methyl/N-ethyl adjacent to an activating group) is 2. The van der Waals surface area contributed by atoms with Crippen LogP contribution in [0.4, 0.5) is 4.79 Å². The molecule has 0 saturated heterocycles. The fourth-order valence-electron chi connectivity index (χ4n) is 4.47. The smallest absolute Gasteiger partial charge is 0.415 e. The van der Waals surface area contributed by atoms with Gasteiger partial charge in [0.25, 0.3) is 5.56 Å². The largest absolute Gasteiger partial charge is 0.493 e. The molecule has 0 N–H and O–H groups in total. The third-order valence-corrected chi connectivity index (χ3v) is 6.48. The summed E-state index contributed by atoms with van der Waals surface area (Å²) in [6.07, 6.45) is 1.02. The second kappa shape index (κ2) is 10.1. The highest BCUT2D eigenvalue weighted by atomic mass is 16.7. The zero-order valence-corrected chi connectivity index (χ0v) is 21.5. The lowest BCUT2D eigenvalue weighted by Crippen LogP contribution is -2.32. The minimum absolute atomic E-state index is 0.0651. The van der Waals surface area contributed by atoms with Crippen LogP contribution in [-0.2, 0) is 6.54 Å². The van der Waals surface area contributed by atoms with Crippen molar-refractivity contribution in [3.63, 3.8) is 0 Å². The van der Waals surface area contributed by atoms with E-state index in [0.717, 1.165) is 10.8 Å². The first kappa shape index (κ1) is 25.2. The Balaban J connectivity index is 1.75. The Hall–Kier alpha value is -4.45. The van der Waals surface area contributed by atoms with E-state index in [1.807, 2.05) is 31.1 Å². The summed E-state index contributed by atoms with van der Waals surface area (Å²) in [7, 11) is 6.81. The number of aromatic nitrogens is 2. The number of nitrogens with zero attached hydrogens (tertiary/aromatic N) is 5. The van der Waals surface area contributed by atoms with Crippen molar-refractivity contribution in [3.05, 3.63) is 45.7 Å². The first-order valence-corrected chi connectivity index (χ1v) is 12.0.